The van der Waals surface area contributed by atoms with Gasteiger partial charge in [0.05, 0.1) is 11.1 Å². The van der Waals surface area contributed by atoms with Crippen LogP contribution in [0.15, 0.2) is 22.3 Å². The quantitative estimate of drug-likeness (QED) is 0.464. The van der Waals surface area contributed by atoms with E-state index >= 15 is 0 Å². The summed E-state index contributed by atoms with van der Waals surface area (Å²) >= 11 is 2.11. The predicted octanol–water partition coefficient (Wildman–Crippen LogP) is 3.01. The lowest BCUT2D eigenvalue weighted by atomic mass is 9.79. The summed E-state index contributed by atoms with van der Waals surface area (Å²) in [4.78, 5) is 11.2. The first-order valence-corrected chi connectivity index (χ1v) is 9.69. The summed E-state index contributed by atoms with van der Waals surface area (Å²) in [7, 11) is 0. The van der Waals surface area contributed by atoms with Gasteiger partial charge < -0.3 is 25.9 Å². The van der Waals surface area contributed by atoms with E-state index in [2.05, 4.69) is 53.5 Å². The number of aromatic nitrogens is 3. The Morgan fingerprint density at radius 1 is 1.40 bits per heavy atom. The van der Waals surface area contributed by atoms with E-state index in [9.17, 15) is 0 Å². The third-order valence-electron chi connectivity index (χ3n) is 5.21. The molecule has 8 heteroatoms. The van der Waals surface area contributed by atoms with Gasteiger partial charge in [0.1, 0.15) is 17.8 Å². The highest BCUT2D eigenvalue weighted by Gasteiger charge is 2.34. The molecule has 2 aliphatic rings. The van der Waals surface area contributed by atoms with Crippen LogP contribution in [0.4, 0.5) is 11.5 Å². The van der Waals surface area contributed by atoms with Crippen molar-refractivity contribution in [3.05, 3.63) is 22.3 Å². The Hall–Kier alpha value is -1.68. The average Bonchev–Trinajstić information content (AvgIpc) is 2.89. The van der Waals surface area contributed by atoms with Gasteiger partial charge in [0.2, 0.25) is 0 Å². The number of nitrogens with two attached hydrogens (primary N) is 1. The number of likely N-dealkylation sites (tertiary alicyclic amines) is 1. The predicted molar refractivity (Wildman–Crippen MR) is 109 cm³/mol. The number of rotatable bonds is 6. The normalized spacial score (nSPS) is 24.0. The van der Waals surface area contributed by atoms with Crippen molar-refractivity contribution in [2.75, 3.05) is 30.7 Å². The number of fused-ring (bicyclic) bond motifs is 1. The second-order valence-electron chi connectivity index (χ2n) is 6.87. The SMILES string of the molecule is N=C/C(I)=C\Nc1cn(C2CC(CN3CCC3)C2)c2ncnc(N)c12. The molecule has 2 aromatic rings. The number of nitrogen functional groups attached to an aromatic ring is 1. The lowest BCUT2D eigenvalue weighted by Gasteiger charge is -2.42. The zero-order valence-corrected chi connectivity index (χ0v) is 16.1. The van der Waals surface area contributed by atoms with Crippen LogP contribution >= 0.6 is 22.6 Å². The van der Waals surface area contributed by atoms with E-state index in [-0.39, 0.29) is 0 Å². The van der Waals surface area contributed by atoms with Gasteiger partial charge in [-0.1, -0.05) is 0 Å². The molecule has 4 rings (SSSR count). The molecule has 7 nitrogen and oxygen atoms in total. The zero-order valence-electron chi connectivity index (χ0n) is 14.0. The van der Waals surface area contributed by atoms with Gasteiger partial charge in [-0.25, -0.2) is 9.97 Å². The van der Waals surface area contributed by atoms with Crippen LogP contribution in [0.1, 0.15) is 25.3 Å². The Labute approximate surface area is 160 Å². The van der Waals surface area contributed by atoms with Crippen molar-refractivity contribution in [3.8, 4) is 0 Å². The topological polar surface area (TPSA) is 95.9 Å². The Kier molecular flexibility index (Phi) is 4.63. The van der Waals surface area contributed by atoms with Crippen molar-refractivity contribution in [1.29, 1.82) is 5.41 Å². The molecule has 1 saturated carbocycles. The molecule has 132 valence electrons. The van der Waals surface area contributed by atoms with Crippen molar-refractivity contribution in [2.24, 2.45) is 5.92 Å². The van der Waals surface area contributed by atoms with Gasteiger partial charge in [-0.2, -0.15) is 0 Å². The average molecular weight is 451 g/mol. The second kappa shape index (κ2) is 6.91. The molecule has 0 radical (unpaired) electrons. The van der Waals surface area contributed by atoms with Gasteiger partial charge in [0.15, 0.2) is 0 Å². The standard InChI is InChI=1S/C17H22IN7/c18-12(6-19)7-21-14-9-25(17-15(14)16(20)22-10-23-17)13-4-11(5-13)8-24-2-1-3-24/h6-7,9-11,13,19,21H,1-5,8H2,(H2,20,22,23)/b12-7+,19-6?. The van der Waals surface area contributed by atoms with Crippen molar-refractivity contribution in [3.63, 3.8) is 0 Å². The highest BCUT2D eigenvalue weighted by atomic mass is 127. The fourth-order valence-corrected chi connectivity index (χ4v) is 3.85. The number of anilines is 2. The molecule has 25 heavy (non-hydrogen) atoms. The summed E-state index contributed by atoms with van der Waals surface area (Å²) in [6.07, 6.45) is 10.5. The highest BCUT2D eigenvalue weighted by Crippen LogP contribution is 2.42. The third-order valence-corrected chi connectivity index (χ3v) is 5.83. The smallest absolute Gasteiger partial charge is 0.147 e. The summed E-state index contributed by atoms with van der Waals surface area (Å²) in [5.41, 5.74) is 7.90. The van der Waals surface area contributed by atoms with Crippen LogP contribution in [-0.2, 0) is 0 Å². The Morgan fingerprint density at radius 2 is 2.20 bits per heavy atom. The summed E-state index contributed by atoms with van der Waals surface area (Å²) in [5, 5.41) is 11.4. The number of nitrogens with zero attached hydrogens (tertiary/aromatic N) is 4. The van der Waals surface area contributed by atoms with E-state index in [1.54, 1.807) is 6.20 Å². The van der Waals surface area contributed by atoms with Crippen LogP contribution < -0.4 is 11.1 Å². The van der Waals surface area contributed by atoms with E-state index in [0.717, 1.165) is 26.2 Å². The maximum absolute atomic E-state index is 7.29. The summed E-state index contributed by atoms with van der Waals surface area (Å²) in [5.74, 6) is 1.28. The van der Waals surface area contributed by atoms with Crippen LogP contribution in [0, 0.1) is 11.3 Å². The summed E-state index contributed by atoms with van der Waals surface area (Å²) in [6, 6.07) is 0.476. The summed E-state index contributed by atoms with van der Waals surface area (Å²) in [6.45, 7) is 3.77. The molecule has 0 spiro atoms. The molecule has 0 bridgehead atoms. The minimum Gasteiger partial charge on any atom is -0.383 e. The molecule has 1 saturated heterocycles. The van der Waals surface area contributed by atoms with Crippen molar-refractivity contribution < 1.29 is 0 Å². The van der Waals surface area contributed by atoms with Crippen LogP contribution in [0.25, 0.3) is 11.0 Å². The highest BCUT2D eigenvalue weighted by molar-refractivity contribution is 14.1. The maximum atomic E-state index is 7.29. The molecule has 3 heterocycles. The van der Waals surface area contributed by atoms with Crippen LogP contribution in [0.2, 0.25) is 0 Å². The molecule has 0 amide bonds. The van der Waals surface area contributed by atoms with E-state index < -0.39 is 0 Å². The summed E-state index contributed by atoms with van der Waals surface area (Å²) < 4.78 is 3.06. The molecule has 0 atom stereocenters. The van der Waals surface area contributed by atoms with Crippen molar-refractivity contribution in [1.82, 2.24) is 19.4 Å². The van der Waals surface area contributed by atoms with E-state index in [1.165, 1.54) is 51.4 Å². The number of hydrogen-bond donors (Lipinski definition) is 3. The Morgan fingerprint density at radius 3 is 2.88 bits per heavy atom. The first-order valence-electron chi connectivity index (χ1n) is 8.61. The molecule has 0 unspecified atom stereocenters. The molecular weight excluding hydrogens is 429 g/mol. The van der Waals surface area contributed by atoms with Gasteiger partial charge >= 0.3 is 0 Å². The zero-order chi connectivity index (χ0) is 17.4. The molecule has 2 aromatic heterocycles. The van der Waals surface area contributed by atoms with Gasteiger partial charge in [-0.15, -0.1) is 0 Å². The molecule has 1 aliphatic carbocycles. The van der Waals surface area contributed by atoms with Gasteiger partial charge in [-0.3, -0.25) is 0 Å². The second-order valence-corrected chi connectivity index (χ2v) is 8.12. The largest absolute Gasteiger partial charge is 0.383 e. The third kappa shape index (κ3) is 3.24. The minimum atomic E-state index is 0.476. The number of nitrogens with one attached hydrogen (secondary N) is 2. The van der Waals surface area contributed by atoms with Gasteiger partial charge in [-0.05, 0) is 60.9 Å². The Bertz CT molecular complexity index is 818. The van der Waals surface area contributed by atoms with Gasteiger partial charge in [0.25, 0.3) is 0 Å². The van der Waals surface area contributed by atoms with Crippen LogP contribution in [-0.4, -0.2) is 45.3 Å². The van der Waals surface area contributed by atoms with Crippen LogP contribution in [0.5, 0.6) is 0 Å². The fourth-order valence-electron chi connectivity index (χ4n) is 3.69. The lowest BCUT2D eigenvalue weighted by molar-refractivity contribution is 0.0921. The first-order chi connectivity index (χ1) is 12.2. The molecule has 4 N–H and O–H groups in total. The number of allylic oxidation sites excluding steroid dienone is 1. The van der Waals surface area contributed by atoms with Crippen molar-refractivity contribution >= 4 is 51.3 Å². The molecule has 1 aliphatic heterocycles. The molecule has 0 aromatic carbocycles. The monoisotopic (exact) mass is 451 g/mol. The number of halogens is 1. The molecule has 2 fully saturated rings. The van der Waals surface area contributed by atoms with E-state index in [0.29, 0.717) is 11.9 Å². The van der Waals surface area contributed by atoms with Crippen molar-refractivity contribution in [2.45, 2.75) is 25.3 Å². The minimum absolute atomic E-state index is 0.476. The Balaban J connectivity index is 1.57. The van der Waals surface area contributed by atoms with E-state index in [1.807, 2.05) is 0 Å². The van der Waals surface area contributed by atoms with Crippen LogP contribution in [0.3, 0.4) is 0 Å². The number of hydrogen-bond acceptors (Lipinski definition) is 6. The van der Waals surface area contributed by atoms with Gasteiger partial charge in [0, 0.05) is 34.8 Å². The lowest BCUT2D eigenvalue weighted by Crippen LogP contribution is -2.43. The molecular formula is C17H22IN7. The first kappa shape index (κ1) is 16.8. The maximum Gasteiger partial charge on any atom is 0.147 e. The van der Waals surface area contributed by atoms with E-state index in [4.69, 9.17) is 11.1 Å². The fraction of sp³-hybridized carbons (Fsp3) is 0.471.